The lowest BCUT2D eigenvalue weighted by Crippen LogP contribution is -2.12. The van der Waals surface area contributed by atoms with E-state index >= 15 is 0 Å². The highest BCUT2D eigenvalue weighted by atomic mass is 32.1. The zero-order valence-corrected chi connectivity index (χ0v) is 10.8. The van der Waals surface area contributed by atoms with E-state index in [0.29, 0.717) is 5.92 Å². The predicted molar refractivity (Wildman–Crippen MR) is 71.6 cm³/mol. The van der Waals surface area contributed by atoms with Crippen molar-refractivity contribution in [3.8, 4) is 5.75 Å². The van der Waals surface area contributed by atoms with Crippen LogP contribution in [0.2, 0.25) is 0 Å². The van der Waals surface area contributed by atoms with Gasteiger partial charge in [-0.05, 0) is 54.7 Å². The van der Waals surface area contributed by atoms with E-state index in [1.54, 1.807) is 0 Å². The fourth-order valence-electron chi connectivity index (χ4n) is 2.15. The largest absolute Gasteiger partial charge is 0.493 e. The SMILES string of the molecule is CCC(CS)COc1ccc2c(c1)CCC2. The third-order valence-corrected chi connectivity index (χ3v) is 3.91. The summed E-state index contributed by atoms with van der Waals surface area (Å²) in [6.45, 7) is 2.98. The highest BCUT2D eigenvalue weighted by molar-refractivity contribution is 7.80. The third-order valence-electron chi connectivity index (χ3n) is 3.39. The van der Waals surface area contributed by atoms with Crippen molar-refractivity contribution < 1.29 is 4.74 Å². The minimum atomic E-state index is 0.566. The molecule has 0 amide bonds. The van der Waals surface area contributed by atoms with Crippen LogP contribution in [0.25, 0.3) is 0 Å². The Morgan fingerprint density at radius 2 is 2.12 bits per heavy atom. The van der Waals surface area contributed by atoms with E-state index in [0.717, 1.165) is 24.5 Å². The van der Waals surface area contributed by atoms with Gasteiger partial charge in [0.15, 0.2) is 0 Å². The van der Waals surface area contributed by atoms with E-state index in [9.17, 15) is 0 Å². The molecule has 1 aromatic carbocycles. The van der Waals surface area contributed by atoms with Crippen LogP contribution >= 0.6 is 12.6 Å². The highest BCUT2D eigenvalue weighted by Crippen LogP contribution is 2.26. The summed E-state index contributed by atoms with van der Waals surface area (Å²) in [5, 5.41) is 0. The first-order chi connectivity index (χ1) is 7.83. The van der Waals surface area contributed by atoms with E-state index in [1.165, 1.54) is 30.4 Å². The molecule has 0 spiro atoms. The Hall–Kier alpha value is -0.630. The molecule has 0 saturated carbocycles. The van der Waals surface area contributed by atoms with Gasteiger partial charge in [0.05, 0.1) is 6.61 Å². The maximum atomic E-state index is 5.83. The summed E-state index contributed by atoms with van der Waals surface area (Å²) in [7, 11) is 0. The van der Waals surface area contributed by atoms with Crippen molar-refractivity contribution in [3.63, 3.8) is 0 Å². The van der Waals surface area contributed by atoms with E-state index in [2.05, 4.69) is 37.8 Å². The van der Waals surface area contributed by atoms with Crippen LogP contribution in [-0.4, -0.2) is 12.4 Å². The molecule has 1 nitrogen and oxygen atoms in total. The minimum Gasteiger partial charge on any atom is -0.493 e. The number of ether oxygens (including phenoxy) is 1. The van der Waals surface area contributed by atoms with E-state index < -0.39 is 0 Å². The monoisotopic (exact) mass is 236 g/mol. The number of rotatable bonds is 5. The molecule has 0 radical (unpaired) electrons. The first-order valence-corrected chi connectivity index (χ1v) is 6.82. The Kier molecular flexibility index (Phi) is 4.16. The molecule has 1 unspecified atom stereocenters. The van der Waals surface area contributed by atoms with Gasteiger partial charge in [-0.2, -0.15) is 12.6 Å². The Bertz CT molecular complexity index is 345. The molecule has 2 rings (SSSR count). The maximum absolute atomic E-state index is 5.83. The fourth-order valence-corrected chi connectivity index (χ4v) is 2.52. The molecular formula is C14H20OS. The third kappa shape index (κ3) is 2.73. The summed E-state index contributed by atoms with van der Waals surface area (Å²) in [6.07, 6.45) is 4.89. The molecule has 1 atom stereocenters. The average Bonchev–Trinajstić information content (AvgIpc) is 2.77. The Morgan fingerprint density at radius 3 is 2.88 bits per heavy atom. The smallest absolute Gasteiger partial charge is 0.119 e. The zero-order valence-electron chi connectivity index (χ0n) is 9.91. The zero-order chi connectivity index (χ0) is 11.4. The van der Waals surface area contributed by atoms with Crippen molar-refractivity contribution in [1.29, 1.82) is 0 Å². The summed E-state index contributed by atoms with van der Waals surface area (Å²) >= 11 is 4.33. The molecule has 0 bridgehead atoms. The van der Waals surface area contributed by atoms with Crippen LogP contribution in [0, 0.1) is 5.92 Å². The molecule has 0 N–H and O–H groups in total. The van der Waals surface area contributed by atoms with Crippen LogP contribution in [0.15, 0.2) is 18.2 Å². The molecule has 0 heterocycles. The average molecular weight is 236 g/mol. The van der Waals surface area contributed by atoms with Crippen LogP contribution in [0.4, 0.5) is 0 Å². The standard InChI is InChI=1S/C14H20OS/c1-2-11(10-16)9-15-14-7-6-12-4-3-5-13(12)8-14/h6-8,11,16H,2-5,9-10H2,1H3. The molecule has 1 aliphatic carbocycles. The van der Waals surface area contributed by atoms with Gasteiger partial charge in [-0.25, -0.2) is 0 Å². The molecule has 0 aliphatic heterocycles. The van der Waals surface area contributed by atoms with Gasteiger partial charge in [0.1, 0.15) is 5.75 Å². The normalized spacial score (nSPS) is 15.9. The first kappa shape index (κ1) is 11.8. The molecule has 0 saturated heterocycles. The molecule has 16 heavy (non-hydrogen) atoms. The molecule has 1 aromatic rings. The molecule has 1 aliphatic rings. The van der Waals surface area contributed by atoms with E-state index in [4.69, 9.17) is 4.74 Å². The van der Waals surface area contributed by atoms with Gasteiger partial charge in [-0.15, -0.1) is 0 Å². The number of hydrogen-bond donors (Lipinski definition) is 1. The number of benzene rings is 1. The first-order valence-electron chi connectivity index (χ1n) is 6.19. The van der Waals surface area contributed by atoms with Crippen molar-refractivity contribution in [3.05, 3.63) is 29.3 Å². The Balaban J connectivity index is 1.95. The van der Waals surface area contributed by atoms with Crippen LogP contribution in [-0.2, 0) is 12.8 Å². The van der Waals surface area contributed by atoms with Crippen molar-refractivity contribution in [2.45, 2.75) is 32.6 Å². The number of aryl methyl sites for hydroxylation is 2. The second-order valence-corrected chi connectivity index (χ2v) is 4.92. The number of hydrogen-bond acceptors (Lipinski definition) is 2. The molecule has 2 heteroatoms. The number of fused-ring (bicyclic) bond motifs is 1. The number of thiol groups is 1. The van der Waals surface area contributed by atoms with Crippen molar-refractivity contribution in [2.24, 2.45) is 5.92 Å². The van der Waals surface area contributed by atoms with Gasteiger partial charge in [-0.1, -0.05) is 13.0 Å². The summed E-state index contributed by atoms with van der Waals surface area (Å²) in [5.41, 5.74) is 2.99. The highest BCUT2D eigenvalue weighted by Gasteiger charge is 2.11. The van der Waals surface area contributed by atoms with Crippen molar-refractivity contribution in [1.82, 2.24) is 0 Å². The topological polar surface area (TPSA) is 9.23 Å². The minimum absolute atomic E-state index is 0.566. The van der Waals surface area contributed by atoms with Gasteiger partial charge in [-0.3, -0.25) is 0 Å². The molecule has 0 fully saturated rings. The van der Waals surface area contributed by atoms with Crippen LogP contribution in [0.1, 0.15) is 30.9 Å². The van der Waals surface area contributed by atoms with Gasteiger partial charge >= 0.3 is 0 Å². The Morgan fingerprint density at radius 1 is 1.31 bits per heavy atom. The summed E-state index contributed by atoms with van der Waals surface area (Å²) in [4.78, 5) is 0. The van der Waals surface area contributed by atoms with Crippen LogP contribution in [0.5, 0.6) is 5.75 Å². The van der Waals surface area contributed by atoms with Crippen LogP contribution in [0.3, 0.4) is 0 Å². The molecule has 88 valence electrons. The molecule has 0 aromatic heterocycles. The fraction of sp³-hybridized carbons (Fsp3) is 0.571. The summed E-state index contributed by atoms with van der Waals surface area (Å²) < 4.78 is 5.83. The quantitative estimate of drug-likeness (QED) is 0.770. The van der Waals surface area contributed by atoms with Gasteiger partial charge < -0.3 is 4.74 Å². The van der Waals surface area contributed by atoms with Crippen LogP contribution < -0.4 is 4.74 Å². The summed E-state index contributed by atoms with van der Waals surface area (Å²) in [6, 6.07) is 6.54. The lowest BCUT2D eigenvalue weighted by Gasteiger charge is -2.14. The van der Waals surface area contributed by atoms with Gasteiger partial charge in [0.2, 0.25) is 0 Å². The van der Waals surface area contributed by atoms with E-state index in [1.807, 2.05) is 0 Å². The van der Waals surface area contributed by atoms with Gasteiger partial charge in [0, 0.05) is 5.92 Å². The predicted octanol–water partition coefficient (Wildman–Crippen LogP) is 3.51. The maximum Gasteiger partial charge on any atom is 0.119 e. The molecular weight excluding hydrogens is 216 g/mol. The lowest BCUT2D eigenvalue weighted by atomic mass is 10.1. The lowest BCUT2D eigenvalue weighted by molar-refractivity contribution is 0.259. The van der Waals surface area contributed by atoms with Crippen molar-refractivity contribution in [2.75, 3.05) is 12.4 Å². The van der Waals surface area contributed by atoms with Gasteiger partial charge in [0.25, 0.3) is 0 Å². The summed E-state index contributed by atoms with van der Waals surface area (Å²) in [5.74, 6) is 2.50. The van der Waals surface area contributed by atoms with E-state index in [-0.39, 0.29) is 0 Å². The van der Waals surface area contributed by atoms with Crippen molar-refractivity contribution >= 4 is 12.6 Å². The Labute approximate surface area is 104 Å². The second kappa shape index (κ2) is 5.62. The second-order valence-electron chi connectivity index (χ2n) is 4.55.